The first-order chi connectivity index (χ1) is 21.0. The average molecular weight is 662 g/mol. The fourth-order valence-corrected chi connectivity index (χ4v) is 7.42. The molecule has 0 spiro atoms. The van der Waals surface area contributed by atoms with Gasteiger partial charge in [-0.25, -0.2) is 14.6 Å². The molecule has 0 aliphatic carbocycles. The van der Waals surface area contributed by atoms with E-state index < -0.39 is 47.0 Å². The molecule has 6 rings (SSSR count). The van der Waals surface area contributed by atoms with Crippen molar-refractivity contribution in [1.82, 2.24) is 25.1 Å². The summed E-state index contributed by atoms with van der Waals surface area (Å²) < 4.78 is 4.17. The lowest BCUT2D eigenvalue weighted by molar-refractivity contribution is -0.663. The molecular weight excluding hydrogens is 636 g/mol. The van der Waals surface area contributed by atoms with Crippen LogP contribution in [-0.4, -0.2) is 90.5 Å². The van der Waals surface area contributed by atoms with E-state index in [-0.39, 0.29) is 27.4 Å². The summed E-state index contributed by atoms with van der Waals surface area (Å²) in [6, 6.07) is 5.19. The maximum Gasteiger partial charge on any atom is 0.352 e. The highest BCUT2D eigenvalue weighted by atomic mass is 35.5. The third-order valence-corrected chi connectivity index (χ3v) is 9.93. The van der Waals surface area contributed by atoms with Crippen molar-refractivity contribution < 1.29 is 38.8 Å². The number of rotatable bonds is 10. The molecule has 0 aromatic carbocycles. The molecule has 2 unspecified atom stereocenters. The Morgan fingerprint density at radius 1 is 1.34 bits per heavy atom. The first-order valence-electron chi connectivity index (χ1n) is 13.3. The lowest BCUT2D eigenvalue weighted by atomic mass is 10.0. The fourth-order valence-electron chi connectivity index (χ4n) is 5.16. The normalized spacial score (nSPS) is 21.0. The van der Waals surface area contributed by atoms with Gasteiger partial charge in [-0.3, -0.25) is 14.5 Å². The van der Waals surface area contributed by atoms with E-state index in [1.807, 2.05) is 35.2 Å². The van der Waals surface area contributed by atoms with Crippen molar-refractivity contribution in [2.24, 2.45) is 5.16 Å². The number of fused-ring (bicyclic) bond motifs is 2. The van der Waals surface area contributed by atoms with Crippen molar-refractivity contribution in [1.29, 1.82) is 0 Å². The van der Waals surface area contributed by atoms with E-state index in [0.717, 1.165) is 35.5 Å². The topological polar surface area (TPSA) is 205 Å². The number of hydrogen-bond donors (Lipinski definition) is 5. The van der Waals surface area contributed by atoms with Gasteiger partial charge in [-0.15, -0.1) is 11.8 Å². The minimum Gasteiger partial charge on any atom is -0.478 e. The lowest BCUT2D eigenvalue weighted by Gasteiger charge is -2.49. The molecule has 3 aromatic rings. The number of oxime groups is 1. The summed E-state index contributed by atoms with van der Waals surface area (Å²) in [6.07, 6.45) is 2.50. The molecule has 3 atom stereocenters. The van der Waals surface area contributed by atoms with Gasteiger partial charge in [0.2, 0.25) is 11.6 Å². The van der Waals surface area contributed by atoms with E-state index in [0.29, 0.717) is 17.4 Å². The number of anilines is 1. The molecule has 2 saturated heterocycles. The van der Waals surface area contributed by atoms with E-state index in [9.17, 15) is 24.3 Å². The Bertz CT molecular complexity index is 1770. The molecular formula is C26H26ClN8O7S2+. The largest absolute Gasteiger partial charge is 0.478 e. The predicted octanol–water partition coefficient (Wildman–Crippen LogP) is 0.398. The van der Waals surface area contributed by atoms with Crippen LogP contribution in [0.1, 0.15) is 18.7 Å². The zero-order valence-corrected chi connectivity index (χ0v) is 25.4. The minimum absolute atomic E-state index is 0.00420. The number of carboxylic acids is 2. The summed E-state index contributed by atoms with van der Waals surface area (Å²) in [5.74, 6) is -3.83. The number of aliphatic carboxylic acids is 2. The standard InChI is InChI=1S/C26H25ClN8O7S2/c1-11(24(38)39)42-32-17(16-20(27)44-26(28)31-16)21(36)30-18-22(37)35-19(25(40)41)12(10-43-23(18)35)9-33-5-2-3-15-14(33)4-6-34(15)13-7-29-8-13/h2-6,11,13,18,23,29H,7-10H2,1H3,(H4-,28,30,31,36,38,39,40,41)/p+1/b32-17-/t11-,18?,23?/m0/s1. The number of β-lactam (4-membered cyclic amide) rings is 1. The molecule has 44 heavy (non-hydrogen) atoms. The van der Waals surface area contributed by atoms with Gasteiger partial charge in [-0.2, -0.15) is 4.57 Å². The minimum atomic E-state index is -1.40. The van der Waals surface area contributed by atoms with Gasteiger partial charge in [0, 0.05) is 42.7 Å². The van der Waals surface area contributed by atoms with Gasteiger partial charge in [0.15, 0.2) is 23.6 Å². The number of nitrogen functional groups attached to an aromatic ring is 1. The zero-order valence-electron chi connectivity index (χ0n) is 23.0. The van der Waals surface area contributed by atoms with Crippen LogP contribution in [0.5, 0.6) is 0 Å². The zero-order chi connectivity index (χ0) is 31.3. The maximum absolute atomic E-state index is 13.3. The van der Waals surface area contributed by atoms with Crippen LogP contribution >= 0.6 is 34.7 Å². The smallest absolute Gasteiger partial charge is 0.352 e. The van der Waals surface area contributed by atoms with E-state index in [1.165, 1.54) is 23.6 Å². The molecule has 230 valence electrons. The first kappa shape index (κ1) is 29.9. The highest BCUT2D eigenvalue weighted by Crippen LogP contribution is 2.40. The number of halogens is 1. The highest BCUT2D eigenvalue weighted by molar-refractivity contribution is 8.00. The molecule has 2 amide bonds. The van der Waals surface area contributed by atoms with E-state index in [4.69, 9.17) is 27.3 Å². The van der Waals surface area contributed by atoms with Gasteiger partial charge in [0.05, 0.1) is 6.04 Å². The van der Waals surface area contributed by atoms with Crippen LogP contribution in [-0.2, 0) is 30.6 Å². The molecule has 6 N–H and O–H groups in total. The number of amides is 2. The second-order valence-electron chi connectivity index (χ2n) is 10.3. The Morgan fingerprint density at radius 2 is 2.11 bits per heavy atom. The van der Waals surface area contributed by atoms with Crippen molar-refractivity contribution in [3.8, 4) is 0 Å². The number of nitrogens with two attached hydrogens (primary N) is 1. The number of carboxylic acid groups (broad SMARTS) is 2. The Kier molecular flexibility index (Phi) is 7.95. The lowest BCUT2D eigenvalue weighted by Crippen LogP contribution is -2.71. The van der Waals surface area contributed by atoms with Crippen LogP contribution in [0.4, 0.5) is 5.13 Å². The maximum atomic E-state index is 13.3. The number of carbonyl (C=O) groups is 4. The third kappa shape index (κ3) is 5.25. The summed E-state index contributed by atoms with van der Waals surface area (Å²) in [5, 5.41) is 28.1. The van der Waals surface area contributed by atoms with Crippen molar-refractivity contribution in [2.75, 3.05) is 24.6 Å². The fraction of sp³-hybridized carbons (Fsp3) is 0.346. The van der Waals surface area contributed by atoms with E-state index in [2.05, 4.69) is 25.3 Å². The van der Waals surface area contributed by atoms with Crippen LogP contribution in [0.2, 0.25) is 4.34 Å². The Labute approximate surface area is 262 Å². The van der Waals surface area contributed by atoms with Gasteiger partial charge < -0.3 is 36.0 Å². The number of nitrogens with zero attached hydrogens (tertiary/aromatic N) is 5. The number of thiazole rings is 1. The Balaban J connectivity index is 1.23. The number of nitrogens with one attached hydrogen (secondary N) is 2. The second-order valence-corrected chi connectivity index (χ2v) is 13.0. The molecule has 0 bridgehead atoms. The summed E-state index contributed by atoms with van der Waals surface area (Å²) >= 11 is 8.35. The molecule has 0 radical (unpaired) electrons. The quantitative estimate of drug-likeness (QED) is 0.0870. The van der Waals surface area contributed by atoms with Crippen LogP contribution in [0.15, 0.2) is 47.0 Å². The van der Waals surface area contributed by atoms with Crippen LogP contribution < -0.4 is 20.9 Å². The number of hydrogen-bond acceptors (Lipinski definition) is 11. The number of thioether (sulfide) groups is 1. The van der Waals surface area contributed by atoms with Gasteiger partial charge in [0.25, 0.3) is 11.8 Å². The van der Waals surface area contributed by atoms with Crippen LogP contribution in [0.25, 0.3) is 11.0 Å². The summed E-state index contributed by atoms with van der Waals surface area (Å²) in [6.45, 7) is 3.23. The number of aromatic nitrogens is 3. The molecule has 3 aromatic heterocycles. The van der Waals surface area contributed by atoms with Gasteiger partial charge in [-0.1, -0.05) is 28.1 Å². The SMILES string of the molecule is C[C@H](O/N=C(\C(=O)NC1C(=O)N2C(C(=O)O)=C(C[n+]3cccc4c3ccn4C3CNC3)CSC12)c1nc(N)sc1Cl)C(=O)O. The van der Waals surface area contributed by atoms with Crippen molar-refractivity contribution in [2.45, 2.75) is 37.0 Å². The van der Waals surface area contributed by atoms with E-state index >= 15 is 0 Å². The predicted molar refractivity (Wildman–Crippen MR) is 160 cm³/mol. The van der Waals surface area contributed by atoms with Crippen LogP contribution in [0.3, 0.4) is 0 Å². The van der Waals surface area contributed by atoms with Crippen molar-refractivity contribution in [3.05, 3.63) is 51.9 Å². The summed E-state index contributed by atoms with van der Waals surface area (Å²) in [5.41, 5.74) is 7.48. The summed E-state index contributed by atoms with van der Waals surface area (Å²) in [4.78, 5) is 60.4. The molecule has 3 aliphatic heterocycles. The Hall–Kier alpha value is -4.19. The molecule has 15 nitrogen and oxygen atoms in total. The summed E-state index contributed by atoms with van der Waals surface area (Å²) in [7, 11) is 0. The van der Waals surface area contributed by atoms with Crippen molar-refractivity contribution in [3.63, 3.8) is 0 Å². The second kappa shape index (κ2) is 11.7. The van der Waals surface area contributed by atoms with E-state index in [1.54, 1.807) is 0 Å². The molecule has 3 aliphatic rings. The van der Waals surface area contributed by atoms with Gasteiger partial charge in [0.1, 0.15) is 32.7 Å². The average Bonchev–Trinajstić information content (AvgIpc) is 3.53. The van der Waals surface area contributed by atoms with Gasteiger partial charge in [-0.05, 0) is 13.0 Å². The first-order valence-corrected chi connectivity index (χ1v) is 15.6. The Morgan fingerprint density at radius 3 is 2.75 bits per heavy atom. The molecule has 0 saturated carbocycles. The highest BCUT2D eigenvalue weighted by Gasteiger charge is 2.55. The van der Waals surface area contributed by atoms with Crippen LogP contribution in [0, 0.1) is 0 Å². The van der Waals surface area contributed by atoms with Crippen molar-refractivity contribution >= 4 is 80.3 Å². The number of pyridine rings is 1. The monoisotopic (exact) mass is 661 g/mol. The third-order valence-electron chi connectivity index (χ3n) is 7.51. The molecule has 18 heteroatoms. The number of carbonyl (C=O) groups excluding carboxylic acids is 2. The molecule has 2 fully saturated rings. The molecule has 6 heterocycles. The van der Waals surface area contributed by atoms with Gasteiger partial charge >= 0.3 is 11.9 Å².